The number of hydrogen-bond acceptors (Lipinski definition) is 6. The second-order valence-corrected chi connectivity index (χ2v) is 8.13. The fraction of sp³-hybridized carbons (Fsp3) is 0.520. The molecule has 1 unspecified atom stereocenters. The van der Waals surface area contributed by atoms with Gasteiger partial charge in [0.2, 0.25) is 0 Å². The molecule has 1 atom stereocenters. The van der Waals surface area contributed by atoms with E-state index in [9.17, 15) is 0 Å². The van der Waals surface area contributed by atoms with Crippen molar-refractivity contribution < 1.29 is 19.3 Å². The first-order valence-electron chi connectivity index (χ1n) is 11.1. The Bertz CT molecular complexity index is 814. The highest BCUT2D eigenvalue weighted by Gasteiger charge is 2.24. The van der Waals surface area contributed by atoms with E-state index in [1.54, 1.807) is 14.2 Å². The van der Waals surface area contributed by atoms with Crippen LogP contribution in [0.2, 0.25) is 0 Å². The molecule has 1 heterocycles. The van der Waals surface area contributed by atoms with Crippen LogP contribution in [0.15, 0.2) is 42.5 Å². The fourth-order valence-electron chi connectivity index (χ4n) is 4.23. The molecule has 1 fully saturated rings. The third-order valence-corrected chi connectivity index (χ3v) is 6.02. The summed E-state index contributed by atoms with van der Waals surface area (Å²) in [6, 6.07) is 14.9. The summed E-state index contributed by atoms with van der Waals surface area (Å²) in [6.45, 7) is 4.40. The highest BCUT2D eigenvalue weighted by molar-refractivity contribution is 5.43. The van der Waals surface area contributed by atoms with E-state index in [0.29, 0.717) is 12.6 Å². The van der Waals surface area contributed by atoms with Crippen LogP contribution in [0.3, 0.4) is 0 Å². The quantitative estimate of drug-likeness (QED) is 0.593. The first kappa shape index (κ1) is 23.4. The molecular formula is C25H36N2O4. The van der Waals surface area contributed by atoms with E-state index in [1.807, 2.05) is 18.2 Å². The summed E-state index contributed by atoms with van der Waals surface area (Å²) in [5.41, 5.74) is 2.44. The van der Waals surface area contributed by atoms with Gasteiger partial charge in [-0.2, -0.15) is 0 Å². The number of ether oxygens (including phenoxy) is 3. The lowest BCUT2D eigenvalue weighted by Gasteiger charge is -2.38. The molecule has 2 aromatic rings. The van der Waals surface area contributed by atoms with Crippen LogP contribution in [0.4, 0.5) is 0 Å². The molecular weight excluding hydrogens is 392 g/mol. The zero-order valence-electron chi connectivity index (χ0n) is 19.0. The summed E-state index contributed by atoms with van der Waals surface area (Å²) in [5, 5.41) is 9.07. The monoisotopic (exact) mass is 428 g/mol. The Balaban J connectivity index is 1.54. The lowest BCUT2D eigenvalue weighted by molar-refractivity contribution is 0.111. The Morgan fingerprint density at radius 3 is 2.65 bits per heavy atom. The van der Waals surface area contributed by atoms with Crippen LogP contribution in [-0.4, -0.2) is 75.1 Å². The minimum atomic E-state index is 0.0327. The largest absolute Gasteiger partial charge is 0.493 e. The third kappa shape index (κ3) is 6.60. The molecule has 0 aromatic heterocycles. The number of aliphatic hydroxyl groups excluding tert-OH is 1. The van der Waals surface area contributed by atoms with Gasteiger partial charge in [-0.1, -0.05) is 24.3 Å². The molecule has 6 heteroatoms. The van der Waals surface area contributed by atoms with Crippen LogP contribution in [0, 0.1) is 0 Å². The topological polar surface area (TPSA) is 54.4 Å². The van der Waals surface area contributed by atoms with Gasteiger partial charge in [0.15, 0.2) is 11.5 Å². The molecule has 0 aliphatic carbocycles. The molecule has 1 aliphatic heterocycles. The van der Waals surface area contributed by atoms with Gasteiger partial charge in [-0.3, -0.25) is 4.90 Å². The van der Waals surface area contributed by atoms with Crippen LogP contribution in [0.25, 0.3) is 0 Å². The molecule has 2 aromatic carbocycles. The second-order valence-electron chi connectivity index (χ2n) is 8.13. The van der Waals surface area contributed by atoms with Gasteiger partial charge in [-0.15, -0.1) is 0 Å². The minimum absolute atomic E-state index is 0.0327. The molecule has 0 spiro atoms. The molecule has 1 saturated heterocycles. The summed E-state index contributed by atoms with van der Waals surface area (Å²) in [5.74, 6) is 2.43. The van der Waals surface area contributed by atoms with Crippen molar-refractivity contribution in [3.8, 4) is 17.2 Å². The van der Waals surface area contributed by atoms with Crippen LogP contribution in [-0.2, 0) is 13.0 Å². The van der Waals surface area contributed by atoms with Crippen molar-refractivity contribution in [2.45, 2.75) is 31.8 Å². The van der Waals surface area contributed by atoms with E-state index in [2.05, 4.69) is 41.1 Å². The number of likely N-dealkylation sites (tertiary alicyclic amines) is 1. The summed E-state index contributed by atoms with van der Waals surface area (Å²) in [6.07, 6.45) is 3.40. The standard InChI is InChI=1S/C25H36N2O4/c1-26(14-12-20-10-11-24(29-2)25(17-20)30-3)22-8-6-13-27(19-22)18-21-7-4-5-9-23(21)31-16-15-28/h4-5,7,9-11,17,22,28H,6,8,12-16,18-19H2,1-3H3. The van der Waals surface area contributed by atoms with Crippen LogP contribution < -0.4 is 14.2 Å². The lowest BCUT2D eigenvalue weighted by Crippen LogP contribution is -2.46. The summed E-state index contributed by atoms with van der Waals surface area (Å²) in [7, 11) is 5.57. The first-order valence-corrected chi connectivity index (χ1v) is 11.1. The Kier molecular flexibility index (Phi) is 9.00. The van der Waals surface area contributed by atoms with Gasteiger partial charge in [0.05, 0.1) is 20.8 Å². The number of para-hydroxylation sites is 1. The zero-order valence-corrected chi connectivity index (χ0v) is 19.0. The normalized spacial score (nSPS) is 17.0. The van der Waals surface area contributed by atoms with E-state index >= 15 is 0 Å². The van der Waals surface area contributed by atoms with Crippen molar-refractivity contribution in [3.63, 3.8) is 0 Å². The summed E-state index contributed by atoms with van der Waals surface area (Å²) >= 11 is 0. The molecule has 0 bridgehead atoms. The number of methoxy groups -OCH3 is 2. The van der Waals surface area contributed by atoms with Gasteiger partial charge in [0.25, 0.3) is 0 Å². The van der Waals surface area contributed by atoms with Gasteiger partial charge in [0, 0.05) is 31.2 Å². The van der Waals surface area contributed by atoms with Crippen molar-refractivity contribution in [2.75, 3.05) is 54.1 Å². The molecule has 170 valence electrons. The number of aliphatic hydroxyl groups is 1. The number of piperidine rings is 1. The Labute approximate surface area is 186 Å². The van der Waals surface area contributed by atoms with E-state index in [0.717, 1.165) is 49.8 Å². The number of rotatable bonds is 11. The summed E-state index contributed by atoms with van der Waals surface area (Å²) in [4.78, 5) is 5.00. The molecule has 0 radical (unpaired) electrons. The molecule has 1 aliphatic rings. The van der Waals surface area contributed by atoms with E-state index in [1.165, 1.54) is 24.0 Å². The molecule has 31 heavy (non-hydrogen) atoms. The number of benzene rings is 2. The number of hydrogen-bond donors (Lipinski definition) is 1. The van der Waals surface area contributed by atoms with Gasteiger partial charge in [-0.25, -0.2) is 0 Å². The Morgan fingerprint density at radius 2 is 1.87 bits per heavy atom. The third-order valence-electron chi connectivity index (χ3n) is 6.02. The maximum Gasteiger partial charge on any atom is 0.160 e. The Morgan fingerprint density at radius 1 is 1.06 bits per heavy atom. The van der Waals surface area contributed by atoms with E-state index in [4.69, 9.17) is 19.3 Å². The summed E-state index contributed by atoms with van der Waals surface area (Å²) < 4.78 is 16.5. The van der Waals surface area contributed by atoms with Crippen molar-refractivity contribution >= 4 is 0 Å². The predicted molar refractivity (Wildman–Crippen MR) is 123 cm³/mol. The molecule has 1 N–H and O–H groups in total. The number of nitrogens with zero attached hydrogens (tertiary/aromatic N) is 2. The first-order chi connectivity index (χ1) is 15.1. The predicted octanol–water partition coefficient (Wildman–Crippen LogP) is 3.21. The van der Waals surface area contributed by atoms with Gasteiger partial charge in [0.1, 0.15) is 12.4 Å². The van der Waals surface area contributed by atoms with Crippen LogP contribution >= 0.6 is 0 Å². The van der Waals surface area contributed by atoms with Gasteiger partial charge < -0.3 is 24.2 Å². The average Bonchev–Trinajstić information content (AvgIpc) is 2.82. The molecule has 6 nitrogen and oxygen atoms in total. The minimum Gasteiger partial charge on any atom is -0.493 e. The molecule has 0 amide bonds. The highest BCUT2D eigenvalue weighted by atomic mass is 16.5. The SMILES string of the molecule is COc1ccc(CCN(C)C2CCCN(Cc3ccccc3OCCO)C2)cc1OC. The van der Waals surface area contributed by atoms with Crippen LogP contribution in [0.5, 0.6) is 17.2 Å². The van der Waals surface area contributed by atoms with Gasteiger partial charge >= 0.3 is 0 Å². The van der Waals surface area contributed by atoms with Crippen LogP contribution in [0.1, 0.15) is 24.0 Å². The molecule has 3 rings (SSSR count). The van der Waals surface area contributed by atoms with Gasteiger partial charge in [-0.05, 0) is 56.6 Å². The Hall–Kier alpha value is -2.28. The zero-order chi connectivity index (χ0) is 22.1. The van der Waals surface area contributed by atoms with Crippen molar-refractivity contribution in [3.05, 3.63) is 53.6 Å². The smallest absolute Gasteiger partial charge is 0.160 e. The second kappa shape index (κ2) is 11.9. The van der Waals surface area contributed by atoms with Crippen molar-refractivity contribution in [1.29, 1.82) is 0 Å². The number of likely N-dealkylation sites (N-methyl/N-ethyl adjacent to an activating group) is 1. The van der Waals surface area contributed by atoms with E-state index in [-0.39, 0.29) is 6.61 Å². The van der Waals surface area contributed by atoms with Crippen molar-refractivity contribution in [1.82, 2.24) is 9.80 Å². The lowest BCUT2D eigenvalue weighted by atomic mass is 10.0. The maximum absolute atomic E-state index is 9.07. The average molecular weight is 429 g/mol. The van der Waals surface area contributed by atoms with Crippen molar-refractivity contribution in [2.24, 2.45) is 0 Å². The fourth-order valence-corrected chi connectivity index (χ4v) is 4.23. The highest BCUT2D eigenvalue weighted by Crippen LogP contribution is 2.28. The van der Waals surface area contributed by atoms with E-state index < -0.39 is 0 Å². The maximum atomic E-state index is 9.07. The molecule has 0 saturated carbocycles.